The fraction of sp³-hybridized carbons (Fsp3) is 0.0769. The molecule has 1 aromatic heterocycles. The number of nitrogens with one attached hydrogen (secondary N) is 1. The number of hydrogen-bond donors (Lipinski definition) is 2. The SMILES string of the molecule is Nc1ccccc1NC(=O)Cc1ccncc1. The molecule has 4 heteroatoms. The third kappa shape index (κ3) is 3.04. The smallest absolute Gasteiger partial charge is 0.228 e. The van der Waals surface area contributed by atoms with E-state index in [0.717, 1.165) is 5.56 Å². The maximum atomic E-state index is 11.7. The molecular formula is C13H13N3O. The second-order valence-electron chi connectivity index (χ2n) is 3.67. The van der Waals surface area contributed by atoms with Crippen LogP contribution in [-0.2, 0) is 11.2 Å². The Morgan fingerprint density at radius 2 is 1.88 bits per heavy atom. The highest BCUT2D eigenvalue weighted by atomic mass is 16.1. The number of carbonyl (C=O) groups is 1. The van der Waals surface area contributed by atoms with Gasteiger partial charge >= 0.3 is 0 Å². The monoisotopic (exact) mass is 227 g/mol. The second kappa shape index (κ2) is 5.12. The number of carbonyl (C=O) groups excluding carboxylic acids is 1. The summed E-state index contributed by atoms with van der Waals surface area (Å²) in [4.78, 5) is 15.6. The number of pyridine rings is 1. The number of benzene rings is 1. The lowest BCUT2D eigenvalue weighted by molar-refractivity contribution is -0.115. The molecule has 17 heavy (non-hydrogen) atoms. The van der Waals surface area contributed by atoms with Gasteiger partial charge in [0.15, 0.2) is 0 Å². The summed E-state index contributed by atoms with van der Waals surface area (Å²) < 4.78 is 0. The lowest BCUT2D eigenvalue weighted by Gasteiger charge is -2.07. The molecule has 86 valence electrons. The van der Waals surface area contributed by atoms with Gasteiger partial charge in [0, 0.05) is 12.4 Å². The van der Waals surface area contributed by atoms with E-state index >= 15 is 0 Å². The van der Waals surface area contributed by atoms with Crippen molar-refractivity contribution in [2.45, 2.75) is 6.42 Å². The van der Waals surface area contributed by atoms with Gasteiger partial charge in [0.25, 0.3) is 0 Å². The average Bonchev–Trinajstić information content (AvgIpc) is 2.33. The van der Waals surface area contributed by atoms with Gasteiger partial charge < -0.3 is 11.1 Å². The first-order chi connectivity index (χ1) is 8.25. The lowest BCUT2D eigenvalue weighted by atomic mass is 10.2. The number of rotatable bonds is 3. The summed E-state index contributed by atoms with van der Waals surface area (Å²) in [6.45, 7) is 0. The molecule has 0 bridgehead atoms. The lowest BCUT2D eigenvalue weighted by Crippen LogP contribution is -2.15. The van der Waals surface area contributed by atoms with Crippen LogP contribution < -0.4 is 11.1 Å². The van der Waals surface area contributed by atoms with Crippen LogP contribution in [0.2, 0.25) is 0 Å². The van der Waals surface area contributed by atoms with Gasteiger partial charge in [0.05, 0.1) is 17.8 Å². The normalized spacial score (nSPS) is 9.88. The van der Waals surface area contributed by atoms with Crippen molar-refractivity contribution in [3.8, 4) is 0 Å². The molecule has 3 N–H and O–H groups in total. The van der Waals surface area contributed by atoms with Gasteiger partial charge in [-0.25, -0.2) is 0 Å². The maximum absolute atomic E-state index is 11.7. The molecule has 1 amide bonds. The molecular weight excluding hydrogens is 214 g/mol. The standard InChI is InChI=1S/C13H13N3O/c14-11-3-1-2-4-12(11)16-13(17)9-10-5-7-15-8-6-10/h1-8H,9,14H2,(H,16,17). The van der Waals surface area contributed by atoms with Crippen LogP contribution in [0.3, 0.4) is 0 Å². The highest BCUT2D eigenvalue weighted by molar-refractivity contribution is 5.94. The van der Waals surface area contributed by atoms with Gasteiger partial charge in [-0.15, -0.1) is 0 Å². The van der Waals surface area contributed by atoms with Crippen LogP contribution in [0.1, 0.15) is 5.56 Å². The number of nitrogens with two attached hydrogens (primary N) is 1. The highest BCUT2D eigenvalue weighted by Crippen LogP contribution is 2.16. The quantitative estimate of drug-likeness (QED) is 0.786. The van der Waals surface area contributed by atoms with E-state index in [1.807, 2.05) is 24.3 Å². The molecule has 0 aliphatic carbocycles. The fourth-order valence-electron chi connectivity index (χ4n) is 1.49. The molecule has 0 aliphatic rings. The highest BCUT2D eigenvalue weighted by Gasteiger charge is 2.05. The summed E-state index contributed by atoms with van der Waals surface area (Å²) in [5, 5.41) is 2.77. The predicted molar refractivity (Wildman–Crippen MR) is 67.4 cm³/mol. The summed E-state index contributed by atoms with van der Waals surface area (Å²) in [6, 6.07) is 10.8. The summed E-state index contributed by atoms with van der Waals surface area (Å²) in [5.41, 5.74) is 7.87. The van der Waals surface area contributed by atoms with E-state index in [4.69, 9.17) is 5.73 Å². The van der Waals surface area contributed by atoms with Crippen LogP contribution in [0.5, 0.6) is 0 Å². The van der Waals surface area contributed by atoms with Crippen molar-refractivity contribution in [2.75, 3.05) is 11.1 Å². The molecule has 0 saturated carbocycles. The number of nitrogen functional groups attached to an aromatic ring is 1. The zero-order chi connectivity index (χ0) is 12.1. The van der Waals surface area contributed by atoms with Crippen LogP contribution in [0.15, 0.2) is 48.8 Å². The zero-order valence-electron chi connectivity index (χ0n) is 9.26. The van der Waals surface area contributed by atoms with Gasteiger partial charge in [-0.2, -0.15) is 0 Å². The molecule has 0 atom stereocenters. The predicted octanol–water partition coefficient (Wildman–Crippen LogP) is 1.84. The van der Waals surface area contributed by atoms with Gasteiger partial charge in [0.2, 0.25) is 5.91 Å². The number of amides is 1. The van der Waals surface area contributed by atoms with Crippen molar-refractivity contribution in [1.82, 2.24) is 4.98 Å². The molecule has 0 saturated heterocycles. The van der Waals surface area contributed by atoms with Crippen molar-refractivity contribution >= 4 is 17.3 Å². The van der Waals surface area contributed by atoms with Crippen molar-refractivity contribution in [3.63, 3.8) is 0 Å². The zero-order valence-corrected chi connectivity index (χ0v) is 9.26. The minimum atomic E-state index is -0.0888. The van der Waals surface area contributed by atoms with E-state index in [2.05, 4.69) is 10.3 Å². The average molecular weight is 227 g/mol. The van der Waals surface area contributed by atoms with E-state index in [0.29, 0.717) is 17.8 Å². The van der Waals surface area contributed by atoms with Crippen LogP contribution in [-0.4, -0.2) is 10.9 Å². The van der Waals surface area contributed by atoms with E-state index in [9.17, 15) is 4.79 Å². The first-order valence-electron chi connectivity index (χ1n) is 5.29. The van der Waals surface area contributed by atoms with Crippen LogP contribution in [0.4, 0.5) is 11.4 Å². The minimum absolute atomic E-state index is 0.0888. The van der Waals surface area contributed by atoms with Gasteiger partial charge in [-0.1, -0.05) is 12.1 Å². The minimum Gasteiger partial charge on any atom is -0.397 e. The van der Waals surface area contributed by atoms with Crippen molar-refractivity contribution < 1.29 is 4.79 Å². The summed E-state index contributed by atoms with van der Waals surface area (Å²) in [5.74, 6) is -0.0888. The first kappa shape index (κ1) is 11.1. The van der Waals surface area contributed by atoms with Crippen LogP contribution in [0, 0.1) is 0 Å². The Bertz CT molecular complexity index is 511. The Labute approximate surface area is 99.5 Å². The molecule has 0 aliphatic heterocycles. The summed E-state index contributed by atoms with van der Waals surface area (Å²) in [6.07, 6.45) is 3.65. The second-order valence-corrected chi connectivity index (χ2v) is 3.67. The number of anilines is 2. The Morgan fingerprint density at radius 1 is 1.18 bits per heavy atom. The van der Waals surface area contributed by atoms with Gasteiger partial charge in [-0.3, -0.25) is 9.78 Å². The Balaban J connectivity index is 2.01. The van der Waals surface area contributed by atoms with Crippen molar-refractivity contribution in [2.24, 2.45) is 0 Å². The largest absolute Gasteiger partial charge is 0.397 e. The Kier molecular flexibility index (Phi) is 3.35. The summed E-state index contributed by atoms with van der Waals surface area (Å²) >= 11 is 0. The topological polar surface area (TPSA) is 68.0 Å². The maximum Gasteiger partial charge on any atom is 0.228 e. The molecule has 0 radical (unpaired) electrons. The molecule has 2 rings (SSSR count). The van der Waals surface area contributed by atoms with E-state index < -0.39 is 0 Å². The van der Waals surface area contributed by atoms with E-state index in [1.165, 1.54) is 0 Å². The molecule has 0 spiro atoms. The Morgan fingerprint density at radius 3 is 2.59 bits per heavy atom. The van der Waals surface area contributed by atoms with Crippen molar-refractivity contribution in [3.05, 3.63) is 54.4 Å². The Hall–Kier alpha value is -2.36. The van der Waals surface area contributed by atoms with E-state index in [-0.39, 0.29) is 5.91 Å². The number of aromatic nitrogens is 1. The summed E-state index contributed by atoms with van der Waals surface area (Å²) in [7, 11) is 0. The van der Waals surface area contributed by atoms with Gasteiger partial charge in [-0.05, 0) is 29.8 Å². The third-order valence-corrected chi connectivity index (χ3v) is 2.35. The number of nitrogens with zero attached hydrogens (tertiary/aromatic N) is 1. The molecule has 0 unspecified atom stereocenters. The molecule has 0 fully saturated rings. The van der Waals surface area contributed by atoms with Crippen molar-refractivity contribution in [1.29, 1.82) is 0 Å². The third-order valence-electron chi connectivity index (χ3n) is 2.35. The molecule has 1 aromatic carbocycles. The van der Waals surface area contributed by atoms with E-state index in [1.54, 1.807) is 24.5 Å². The van der Waals surface area contributed by atoms with Crippen LogP contribution in [0.25, 0.3) is 0 Å². The fourth-order valence-corrected chi connectivity index (χ4v) is 1.49. The molecule has 2 aromatic rings. The number of hydrogen-bond acceptors (Lipinski definition) is 3. The number of para-hydroxylation sites is 2. The first-order valence-corrected chi connectivity index (χ1v) is 5.29. The molecule has 4 nitrogen and oxygen atoms in total. The van der Waals surface area contributed by atoms with Gasteiger partial charge in [0.1, 0.15) is 0 Å². The molecule has 1 heterocycles. The van der Waals surface area contributed by atoms with Crippen LogP contribution >= 0.6 is 0 Å².